The van der Waals surface area contributed by atoms with Gasteiger partial charge in [-0.25, -0.2) is 8.78 Å². The van der Waals surface area contributed by atoms with Gasteiger partial charge in [-0.05, 0) is 36.2 Å². The van der Waals surface area contributed by atoms with Gasteiger partial charge in [0.05, 0.1) is 6.04 Å². The summed E-state index contributed by atoms with van der Waals surface area (Å²) in [6, 6.07) is 4.28. The van der Waals surface area contributed by atoms with Crippen LogP contribution in [0.2, 0.25) is 0 Å². The molecule has 70 valence electrons. The lowest BCUT2D eigenvalue weighted by atomic mass is 9.95. The number of hydrogen-bond acceptors (Lipinski definition) is 1. The highest BCUT2D eigenvalue weighted by Crippen LogP contribution is 2.23. The number of fused-ring (bicyclic) bond motifs is 1. The van der Waals surface area contributed by atoms with Crippen molar-refractivity contribution in [3.8, 4) is 0 Å². The fourth-order valence-corrected chi connectivity index (χ4v) is 1.75. The fraction of sp³-hybridized carbons (Fsp3) is 0.400. The molecular weight excluding hydrogens is 172 g/mol. The van der Waals surface area contributed by atoms with Crippen LogP contribution in [0.3, 0.4) is 0 Å². The third-order valence-electron chi connectivity index (χ3n) is 2.42. The van der Waals surface area contributed by atoms with Crippen LogP contribution in [0.15, 0.2) is 18.2 Å². The molecule has 13 heavy (non-hydrogen) atoms. The average molecular weight is 183 g/mol. The maximum atomic E-state index is 12.9. The molecule has 1 aliphatic heterocycles. The average Bonchev–Trinajstić information content (AvgIpc) is 2.17. The van der Waals surface area contributed by atoms with Crippen LogP contribution in [0.4, 0.5) is 8.78 Å². The molecule has 0 amide bonds. The molecule has 2 rings (SSSR count). The van der Waals surface area contributed by atoms with Gasteiger partial charge in [0, 0.05) is 0 Å². The van der Waals surface area contributed by atoms with Crippen LogP contribution in [-0.4, -0.2) is 13.2 Å². The Morgan fingerprint density at radius 3 is 3.08 bits per heavy atom. The highest BCUT2D eigenvalue weighted by Gasteiger charge is 2.19. The number of rotatable bonds is 1. The number of alkyl halides is 1. The zero-order chi connectivity index (χ0) is 9.26. The van der Waals surface area contributed by atoms with Gasteiger partial charge in [-0.1, -0.05) is 6.07 Å². The van der Waals surface area contributed by atoms with Crippen molar-refractivity contribution in [3.05, 3.63) is 35.1 Å². The van der Waals surface area contributed by atoms with Gasteiger partial charge in [0.2, 0.25) is 0 Å². The predicted molar refractivity (Wildman–Crippen MR) is 46.8 cm³/mol. The highest BCUT2D eigenvalue weighted by atomic mass is 19.1. The standard InChI is InChI=1S/C10H11F2N/c11-6-10-9-5-8(12)2-1-7(9)3-4-13-10/h1-2,5,10,13H,3-4,6H2. The summed E-state index contributed by atoms with van der Waals surface area (Å²) >= 11 is 0. The molecule has 0 spiro atoms. The zero-order valence-corrected chi connectivity index (χ0v) is 7.19. The van der Waals surface area contributed by atoms with Crippen molar-refractivity contribution >= 4 is 0 Å². The first-order chi connectivity index (χ1) is 6.31. The van der Waals surface area contributed by atoms with Gasteiger partial charge in [-0.2, -0.15) is 0 Å². The Balaban J connectivity index is 2.41. The first kappa shape index (κ1) is 8.63. The molecule has 1 heterocycles. The Labute approximate surface area is 75.8 Å². The first-order valence-corrected chi connectivity index (χ1v) is 4.39. The summed E-state index contributed by atoms with van der Waals surface area (Å²) in [6.45, 7) is 0.295. The molecule has 0 radical (unpaired) electrons. The van der Waals surface area contributed by atoms with E-state index in [0.29, 0.717) is 0 Å². The molecule has 0 bridgehead atoms. The highest BCUT2D eigenvalue weighted by molar-refractivity contribution is 5.33. The molecular formula is C10H11F2N. The van der Waals surface area contributed by atoms with Crippen LogP contribution in [-0.2, 0) is 6.42 Å². The van der Waals surface area contributed by atoms with Gasteiger partial charge in [-0.3, -0.25) is 0 Å². The lowest BCUT2D eigenvalue weighted by Crippen LogP contribution is -2.31. The Morgan fingerprint density at radius 2 is 2.31 bits per heavy atom. The second-order valence-corrected chi connectivity index (χ2v) is 3.25. The Morgan fingerprint density at radius 1 is 1.46 bits per heavy atom. The van der Waals surface area contributed by atoms with Crippen LogP contribution in [0, 0.1) is 5.82 Å². The molecule has 0 saturated heterocycles. The van der Waals surface area contributed by atoms with E-state index in [-0.39, 0.29) is 11.9 Å². The van der Waals surface area contributed by atoms with Crippen LogP contribution in [0.1, 0.15) is 17.2 Å². The fourth-order valence-electron chi connectivity index (χ4n) is 1.75. The number of hydrogen-bond donors (Lipinski definition) is 1. The minimum absolute atomic E-state index is 0.291. The van der Waals surface area contributed by atoms with Crippen molar-refractivity contribution in [2.24, 2.45) is 0 Å². The molecule has 1 aromatic carbocycles. The maximum Gasteiger partial charge on any atom is 0.123 e. The lowest BCUT2D eigenvalue weighted by Gasteiger charge is -2.24. The smallest absolute Gasteiger partial charge is 0.123 e. The van der Waals surface area contributed by atoms with Gasteiger partial charge in [0.25, 0.3) is 0 Å². The summed E-state index contributed by atoms with van der Waals surface area (Å²) in [5.41, 5.74) is 1.83. The third kappa shape index (κ3) is 1.56. The van der Waals surface area contributed by atoms with E-state index in [4.69, 9.17) is 0 Å². The molecule has 0 aromatic heterocycles. The second-order valence-electron chi connectivity index (χ2n) is 3.25. The summed E-state index contributed by atoms with van der Waals surface area (Å²) in [6.07, 6.45) is 0.853. The Bertz CT molecular complexity index is 312. The normalized spacial score (nSPS) is 21.2. The number of halogens is 2. The monoisotopic (exact) mass is 183 g/mol. The van der Waals surface area contributed by atoms with Crippen molar-refractivity contribution < 1.29 is 8.78 Å². The van der Waals surface area contributed by atoms with Gasteiger partial charge < -0.3 is 5.32 Å². The molecule has 0 aliphatic carbocycles. The lowest BCUT2D eigenvalue weighted by molar-refractivity contribution is 0.370. The molecule has 1 aromatic rings. The molecule has 1 unspecified atom stereocenters. The Hall–Kier alpha value is -0.960. The van der Waals surface area contributed by atoms with Crippen molar-refractivity contribution in [2.45, 2.75) is 12.5 Å². The van der Waals surface area contributed by atoms with Gasteiger partial charge in [0.15, 0.2) is 0 Å². The van der Waals surface area contributed by atoms with E-state index in [2.05, 4.69) is 5.32 Å². The van der Waals surface area contributed by atoms with E-state index >= 15 is 0 Å². The number of nitrogens with one attached hydrogen (secondary N) is 1. The largest absolute Gasteiger partial charge is 0.307 e. The SMILES string of the molecule is FCC1NCCc2ccc(F)cc21. The molecule has 1 nitrogen and oxygen atoms in total. The molecule has 3 heteroatoms. The summed E-state index contributed by atoms with van der Waals surface area (Å²) < 4.78 is 25.4. The van der Waals surface area contributed by atoms with E-state index in [9.17, 15) is 8.78 Å². The van der Waals surface area contributed by atoms with Gasteiger partial charge in [-0.15, -0.1) is 0 Å². The summed E-state index contributed by atoms with van der Waals surface area (Å²) in [4.78, 5) is 0. The van der Waals surface area contributed by atoms with E-state index in [1.165, 1.54) is 12.1 Å². The van der Waals surface area contributed by atoms with Crippen molar-refractivity contribution in [3.63, 3.8) is 0 Å². The molecule has 1 atom stereocenters. The molecule has 0 fully saturated rings. The van der Waals surface area contributed by atoms with Crippen LogP contribution in [0.25, 0.3) is 0 Å². The van der Waals surface area contributed by atoms with E-state index in [1.807, 2.05) is 0 Å². The summed E-state index contributed by atoms with van der Waals surface area (Å²) in [5, 5.41) is 3.01. The summed E-state index contributed by atoms with van der Waals surface area (Å²) in [7, 11) is 0. The van der Waals surface area contributed by atoms with Crippen molar-refractivity contribution in [2.75, 3.05) is 13.2 Å². The Kier molecular flexibility index (Phi) is 2.27. The van der Waals surface area contributed by atoms with Crippen LogP contribution < -0.4 is 5.32 Å². The van der Waals surface area contributed by atoms with Crippen LogP contribution in [0.5, 0.6) is 0 Å². The van der Waals surface area contributed by atoms with Crippen LogP contribution >= 0.6 is 0 Å². The van der Waals surface area contributed by atoms with Crippen molar-refractivity contribution in [1.29, 1.82) is 0 Å². The zero-order valence-electron chi connectivity index (χ0n) is 7.19. The van der Waals surface area contributed by atoms with E-state index < -0.39 is 6.67 Å². The quantitative estimate of drug-likeness (QED) is 0.702. The maximum absolute atomic E-state index is 12.9. The predicted octanol–water partition coefficient (Wildman–Crippen LogP) is 1.98. The summed E-state index contributed by atoms with van der Waals surface area (Å²) in [5.74, 6) is -0.291. The molecule has 0 saturated carbocycles. The van der Waals surface area contributed by atoms with E-state index in [1.54, 1.807) is 6.07 Å². The first-order valence-electron chi connectivity index (χ1n) is 4.39. The molecule has 1 aliphatic rings. The molecule has 1 N–H and O–H groups in total. The topological polar surface area (TPSA) is 12.0 Å². The third-order valence-corrected chi connectivity index (χ3v) is 2.42. The van der Waals surface area contributed by atoms with Gasteiger partial charge >= 0.3 is 0 Å². The van der Waals surface area contributed by atoms with E-state index in [0.717, 1.165) is 24.1 Å². The second kappa shape index (κ2) is 3.42. The van der Waals surface area contributed by atoms with Crippen molar-refractivity contribution in [1.82, 2.24) is 5.32 Å². The van der Waals surface area contributed by atoms with Gasteiger partial charge in [0.1, 0.15) is 12.5 Å². The minimum atomic E-state index is -0.476. The minimum Gasteiger partial charge on any atom is -0.307 e. The number of benzene rings is 1.